The molecular weight excluding hydrogens is 252 g/mol. The number of aromatic nitrogens is 2. The number of benzene rings is 1. The molecule has 0 bridgehead atoms. The molecule has 0 fully saturated rings. The Labute approximate surface area is 118 Å². The van der Waals surface area contributed by atoms with Gasteiger partial charge in [-0.05, 0) is 17.0 Å². The zero-order chi connectivity index (χ0) is 14.5. The van der Waals surface area contributed by atoms with Gasteiger partial charge in [-0.3, -0.25) is 4.79 Å². The number of rotatable bonds is 5. The first-order valence-corrected chi connectivity index (χ1v) is 6.58. The SMILES string of the molecule is COc1cc(C(=O)Cc2ccc(C(C)C)cc2)ncn1. The molecule has 1 heterocycles. The molecule has 0 radical (unpaired) electrons. The van der Waals surface area contributed by atoms with E-state index in [0.717, 1.165) is 5.56 Å². The molecule has 2 aromatic rings. The molecule has 0 spiro atoms. The maximum Gasteiger partial charge on any atom is 0.216 e. The second kappa shape index (κ2) is 6.28. The predicted molar refractivity (Wildman–Crippen MR) is 77.1 cm³/mol. The third-order valence-electron chi connectivity index (χ3n) is 3.15. The molecule has 1 aromatic carbocycles. The highest BCUT2D eigenvalue weighted by Crippen LogP contribution is 2.16. The normalized spacial score (nSPS) is 10.6. The summed E-state index contributed by atoms with van der Waals surface area (Å²) in [6.07, 6.45) is 1.67. The largest absolute Gasteiger partial charge is 0.481 e. The molecule has 0 N–H and O–H groups in total. The minimum Gasteiger partial charge on any atom is -0.481 e. The van der Waals surface area contributed by atoms with Crippen LogP contribution in [0.5, 0.6) is 5.88 Å². The predicted octanol–water partition coefficient (Wildman–Crippen LogP) is 3.03. The van der Waals surface area contributed by atoms with Crippen molar-refractivity contribution in [3.63, 3.8) is 0 Å². The Morgan fingerprint density at radius 3 is 2.50 bits per heavy atom. The average molecular weight is 270 g/mol. The van der Waals surface area contributed by atoms with Crippen molar-refractivity contribution in [1.29, 1.82) is 0 Å². The molecule has 20 heavy (non-hydrogen) atoms. The number of hydrogen-bond acceptors (Lipinski definition) is 4. The summed E-state index contributed by atoms with van der Waals surface area (Å²) < 4.78 is 4.99. The van der Waals surface area contributed by atoms with E-state index in [9.17, 15) is 4.79 Å². The Hall–Kier alpha value is -2.23. The molecule has 2 rings (SSSR count). The van der Waals surface area contributed by atoms with Crippen LogP contribution in [-0.4, -0.2) is 22.9 Å². The lowest BCUT2D eigenvalue weighted by molar-refractivity contribution is 0.0987. The first-order valence-electron chi connectivity index (χ1n) is 6.58. The maximum absolute atomic E-state index is 12.2. The van der Waals surface area contributed by atoms with E-state index in [-0.39, 0.29) is 5.78 Å². The van der Waals surface area contributed by atoms with Crippen LogP contribution in [0.1, 0.15) is 41.4 Å². The van der Waals surface area contributed by atoms with Gasteiger partial charge in [0.1, 0.15) is 12.0 Å². The van der Waals surface area contributed by atoms with Crippen LogP contribution in [0.15, 0.2) is 36.7 Å². The number of Topliss-reactive ketones (excluding diaryl/α,β-unsaturated/α-hetero) is 1. The zero-order valence-corrected chi connectivity index (χ0v) is 12.0. The van der Waals surface area contributed by atoms with Crippen LogP contribution in [0.4, 0.5) is 0 Å². The summed E-state index contributed by atoms with van der Waals surface area (Å²) in [6, 6.07) is 9.67. The number of ketones is 1. The molecule has 0 aliphatic rings. The second-order valence-electron chi connectivity index (χ2n) is 4.94. The highest BCUT2D eigenvalue weighted by atomic mass is 16.5. The molecule has 1 aromatic heterocycles. The number of ether oxygens (including phenoxy) is 1. The van der Waals surface area contributed by atoms with Crippen molar-refractivity contribution in [1.82, 2.24) is 9.97 Å². The van der Waals surface area contributed by atoms with E-state index < -0.39 is 0 Å². The summed E-state index contributed by atoms with van der Waals surface area (Å²) in [5.74, 6) is 0.854. The van der Waals surface area contributed by atoms with Gasteiger partial charge >= 0.3 is 0 Å². The van der Waals surface area contributed by atoms with Gasteiger partial charge in [0, 0.05) is 12.5 Å². The van der Waals surface area contributed by atoms with Crippen LogP contribution in [0.3, 0.4) is 0 Å². The molecule has 4 nitrogen and oxygen atoms in total. The summed E-state index contributed by atoms with van der Waals surface area (Å²) in [4.78, 5) is 20.0. The van der Waals surface area contributed by atoms with Gasteiger partial charge in [-0.2, -0.15) is 0 Å². The number of methoxy groups -OCH3 is 1. The summed E-state index contributed by atoms with van der Waals surface area (Å²) in [5.41, 5.74) is 2.63. The molecule has 0 atom stereocenters. The first kappa shape index (κ1) is 14.2. The summed E-state index contributed by atoms with van der Waals surface area (Å²) in [6.45, 7) is 4.29. The van der Waals surface area contributed by atoms with Crippen molar-refractivity contribution in [2.45, 2.75) is 26.2 Å². The molecule has 0 saturated heterocycles. The standard InChI is InChI=1S/C16H18N2O2/c1-11(2)13-6-4-12(5-7-13)8-15(19)14-9-16(20-3)18-10-17-14/h4-7,9-11H,8H2,1-3H3. The highest BCUT2D eigenvalue weighted by Gasteiger charge is 2.10. The van der Waals surface area contributed by atoms with Crippen LogP contribution in [0, 0.1) is 0 Å². The van der Waals surface area contributed by atoms with Gasteiger partial charge in [-0.15, -0.1) is 0 Å². The lowest BCUT2D eigenvalue weighted by Crippen LogP contribution is -2.07. The van der Waals surface area contributed by atoms with E-state index in [4.69, 9.17) is 4.74 Å². The fourth-order valence-corrected chi connectivity index (χ4v) is 1.90. The van der Waals surface area contributed by atoms with Crippen molar-refractivity contribution in [3.05, 3.63) is 53.5 Å². The third-order valence-corrected chi connectivity index (χ3v) is 3.15. The summed E-state index contributed by atoms with van der Waals surface area (Å²) in [7, 11) is 1.52. The van der Waals surface area contributed by atoms with Gasteiger partial charge in [0.05, 0.1) is 7.11 Å². The Morgan fingerprint density at radius 2 is 1.90 bits per heavy atom. The Balaban J connectivity index is 2.10. The molecule has 0 amide bonds. The van der Waals surface area contributed by atoms with Gasteiger partial charge in [0.25, 0.3) is 0 Å². The summed E-state index contributed by atoms with van der Waals surface area (Å²) >= 11 is 0. The number of carbonyl (C=O) groups excluding carboxylic acids is 1. The monoisotopic (exact) mass is 270 g/mol. The number of carbonyl (C=O) groups is 1. The zero-order valence-electron chi connectivity index (χ0n) is 12.0. The smallest absolute Gasteiger partial charge is 0.216 e. The quantitative estimate of drug-likeness (QED) is 0.784. The van der Waals surface area contributed by atoms with E-state index in [0.29, 0.717) is 23.9 Å². The van der Waals surface area contributed by atoms with E-state index in [1.807, 2.05) is 12.1 Å². The van der Waals surface area contributed by atoms with Crippen molar-refractivity contribution in [3.8, 4) is 5.88 Å². The molecular formula is C16H18N2O2. The first-order chi connectivity index (χ1) is 9.60. The molecule has 4 heteroatoms. The van der Waals surface area contributed by atoms with Crippen LogP contribution in [-0.2, 0) is 6.42 Å². The molecule has 0 saturated carbocycles. The van der Waals surface area contributed by atoms with Crippen molar-refractivity contribution in [2.75, 3.05) is 7.11 Å². The van der Waals surface area contributed by atoms with E-state index >= 15 is 0 Å². The minimum atomic E-state index is -0.0389. The van der Waals surface area contributed by atoms with Crippen LogP contribution >= 0.6 is 0 Å². The van der Waals surface area contributed by atoms with Crippen molar-refractivity contribution >= 4 is 5.78 Å². The third kappa shape index (κ3) is 3.41. The Bertz CT molecular complexity index is 592. The van der Waals surface area contributed by atoms with Gasteiger partial charge in [0.15, 0.2) is 5.78 Å². The van der Waals surface area contributed by atoms with E-state index in [1.165, 1.54) is 19.0 Å². The minimum absolute atomic E-state index is 0.0389. The fraction of sp³-hybridized carbons (Fsp3) is 0.312. The number of nitrogens with zero attached hydrogens (tertiary/aromatic N) is 2. The molecule has 0 unspecified atom stereocenters. The van der Waals surface area contributed by atoms with Crippen molar-refractivity contribution in [2.24, 2.45) is 0 Å². The van der Waals surface area contributed by atoms with Crippen LogP contribution in [0.25, 0.3) is 0 Å². The van der Waals surface area contributed by atoms with Crippen molar-refractivity contribution < 1.29 is 9.53 Å². The summed E-state index contributed by atoms with van der Waals surface area (Å²) in [5, 5.41) is 0. The molecule has 104 valence electrons. The fourth-order valence-electron chi connectivity index (χ4n) is 1.90. The van der Waals surface area contributed by atoms with Crippen LogP contribution < -0.4 is 4.74 Å². The van der Waals surface area contributed by atoms with Gasteiger partial charge < -0.3 is 4.74 Å². The molecule has 0 aliphatic carbocycles. The highest BCUT2D eigenvalue weighted by molar-refractivity contribution is 5.95. The average Bonchev–Trinajstić information content (AvgIpc) is 2.47. The van der Waals surface area contributed by atoms with Crippen LogP contribution in [0.2, 0.25) is 0 Å². The maximum atomic E-state index is 12.2. The lowest BCUT2D eigenvalue weighted by Gasteiger charge is -2.06. The van der Waals surface area contributed by atoms with Gasteiger partial charge in [-0.25, -0.2) is 9.97 Å². The van der Waals surface area contributed by atoms with E-state index in [2.05, 4.69) is 35.9 Å². The lowest BCUT2D eigenvalue weighted by atomic mass is 9.99. The topological polar surface area (TPSA) is 52.1 Å². The number of hydrogen-bond donors (Lipinski definition) is 0. The Kier molecular flexibility index (Phi) is 4.45. The van der Waals surface area contributed by atoms with Gasteiger partial charge in [-0.1, -0.05) is 38.1 Å². The van der Waals surface area contributed by atoms with E-state index in [1.54, 1.807) is 6.07 Å². The Morgan fingerprint density at radius 1 is 1.20 bits per heavy atom. The molecule has 0 aliphatic heterocycles. The van der Waals surface area contributed by atoms with Gasteiger partial charge in [0.2, 0.25) is 5.88 Å². The second-order valence-corrected chi connectivity index (χ2v) is 4.94.